The SMILES string of the molecule is COC(=O)CCCS(=O)c1ccc2ccccc2c1. The van der Waals surface area contributed by atoms with E-state index in [0.29, 0.717) is 18.6 Å². The number of hydrogen-bond donors (Lipinski definition) is 0. The molecule has 0 radical (unpaired) electrons. The molecule has 1 unspecified atom stereocenters. The Morgan fingerprint density at radius 3 is 2.63 bits per heavy atom. The highest BCUT2D eigenvalue weighted by Gasteiger charge is 2.07. The van der Waals surface area contributed by atoms with E-state index in [-0.39, 0.29) is 5.97 Å². The lowest BCUT2D eigenvalue weighted by atomic mass is 10.1. The molecule has 100 valence electrons. The number of carbonyl (C=O) groups excluding carboxylic acids is 1. The van der Waals surface area contributed by atoms with E-state index >= 15 is 0 Å². The number of rotatable bonds is 5. The van der Waals surface area contributed by atoms with Gasteiger partial charge in [0.1, 0.15) is 0 Å². The molecule has 0 fully saturated rings. The Morgan fingerprint density at radius 2 is 1.89 bits per heavy atom. The first-order chi connectivity index (χ1) is 9.20. The van der Waals surface area contributed by atoms with Crippen LogP contribution >= 0.6 is 0 Å². The lowest BCUT2D eigenvalue weighted by Gasteiger charge is -2.04. The summed E-state index contributed by atoms with van der Waals surface area (Å²) in [5.41, 5.74) is 0. The van der Waals surface area contributed by atoms with Crippen LogP contribution in [0.3, 0.4) is 0 Å². The highest BCUT2D eigenvalue weighted by Crippen LogP contribution is 2.18. The Balaban J connectivity index is 2.03. The summed E-state index contributed by atoms with van der Waals surface area (Å²) in [6, 6.07) is 13.8. The molecule has 0 N–H and O–H groups in total. The van der Waals surface area contributed by atoms with E-state index < -0.39 is 10.8 Å². The number of fused-ring (bicyclic) bond motifs is 1. The number of methoxy groups -OCH3 is 1. The fourth-order valence-corrected chi connectivity index (χ4v) is 3.00. The summed E-state index contributed by atoms with van der Waals surface area (Å²) < 4.78 is 16.7. The first-order valence-electron chi connectivity index (χ1n) is 6.14. The van der Waals surface area contributed by atoms with Crippen LogP contribution in [-0.2, 0) is 20.3 Å². The van der Waals surface area contributed by atoms with E-state index in [4.69, 9.17) is 0 Å². The predicted molar refractivity (Wildman–Crippen MR) is 76.5 cm³/mol. The monoisotopic (exact) mass is 276 g/mol. The van der Waals surface area contributed by atoms with E-state index in [1.165, 1.54) is 7.11 Å². The van der Waals surface area contributed by atoms with E-state index in [0.717, 1.165) is 15.7 Å². The van der Waals surface area contributed by atoms with Gasteiger partial charge in [-0.1, -0.05) is 30.3 Å². The van der Waals surface area contributed by atoms with E-state index in [2.05, 4.69) is 4.74 Å². The summed E-state index contributed by atoms with van der Waals surface area (Å²) in [6.45, 7) is 0. The van der Waals surface area contributed by atoms with Gasteiger partial charge in [-0.05, 0) is 29.3 Å². The third kappa shape index (κ3) is 3.64. The zero-order chi connectivity index (χ0) is 13.7. The van der Waals surface area contributed by atoms with Crippen molar-refractivity contribution in [2.45, 2.75) is 17.7 Å². The molecule has 0 aliphatic rings. The number of carbonyl (C=O) groups is 1. The van der Waals surface area contributed by atoms with Crippen molar-refractivity contribution in [3.8, 4) is 0 Å². The molecule has 0 heterocycles. The molecule has 2 rings (SSSR count). The largest absolute Gasteiger partial charge is 0.469 e. The molecule has 19 heavy (non-hydrogen) atoms. The summed E-state index contributed by atoms with van der Waals surface area (Å²) in [4.78, 5) is 11.8. The van der Waals surface area contributed by atoms with Gasteiger partial charge in [-0.3, -0.25) is 9.00 Å². The molecule has 0 aliphatic carbocycles. The van der Waals surface area contributed by atoms with Crippen LogP contribution in [0.15, 0.2) is 47.4 Å². The molecule has 4 heteroatoms. The number of esters is 1. The predicted octanol–water partition coefficient (Wildman–Crippen LogP) is 2.90. The van der Waals surface area contributed by atoms with Crippen LogP contribution in [0.4, 0.5) is 0 Å². The second-order valence-corrected chi connectivity index (χ2v) is 5.81. The second kappa shape index (κ2) is 6.48. The zero-order valence-corrected chi connectivity index (χ0v) is 11.6. The number of benzene rings is 2. The van der Waals surface area contributed by atoms with Crippen molar-refractivity contribution in [3.05, 3.63) is 42.5 Å². The van der Waals surface area contributed by atoms with Crippen molar-refractivity contribution in [3.63, 3.8) is 0 Å². The Kier molecular flexibility index (Phi) is 4.68. The van der Waals surface area contributed by atoms with Crippen LogP contribution in [0, 0.1) is 0 Å². The van der Waals surface area contributed by atoms with Gasteiger partial charge in [0.15, 0.2) is 0 Å². The summed E-state index contributed by atoms with van der Waals surface area (Å²) in [7, 11) is 0.298. The maximum atomic E-state index is 12.1. The molecule has 0 aliphatic heterocycles. The minimum absolute atomic E-state index is 0.254. The van der Waals surface area contributed by atoms with Gasteiger partial charge in [-0.2, -0.15) is 0 Å². The average Bonchev–Trinajstić information content (AvgIpc) is 2.46. The fraction of sp³-hybridized carbons (Fsp3) is 0.267. The van der Waals surface area contributed by atoms with Crippen LogP contribution in [0.25, 0.3) is 10.8 Å². The Morgan fingerprint density at radius 1 is 1.16 bits per heavy atom. The lowest BCUT2D eigenvalue weighted by Crippen LogP contribution is -2.04. The van der Waals surface area contributed by atoms with Crippen molar-refractivity contribution in [1.29, 1.82) is 0 Å². The summed E-state index contributed by atoms with van der Waals surface area (Å²) >= 11 is 0. The van der Waals surface area contributed by atoms with Gasteiger partial charge in [0.05, 0.1) is 17.9 Å². The van der Waals surface area contributed by atoms with Gasteiger partial charge in [0.25, 0.3) is 0 Å². The van der Waals surface area contributed by atoms with E-state index in [1.54, 1.807) is 0 Å². The van der Waals surface area contributed by atoms with Crippen molar-refractivity contribution < 1.29 is 13.7 Å². The summed E-state index contributed by atoms with van der Waals surface area (Å²) in [5, 5.41) is 2.22. The summed E-state index contributed by atoms with van der Waals surface area (Å²) in [6.07, 6.45) is 0.891. The lowest BCUT2D eigenvalue weighted by molar-refractivity contribution is -0.140. The molecular formula is C15H16O3S. The minimum atomic E-state index is -1.07. The van der Waals surface area contributed by atoms with Crippen molar-refractivity contribution >= 4 is 27.5 Å². The van der Waals surface area contributed by atoms with Crippen LogP contribution in [0.1, 0.15) is 12.8 Å². The van der Waals surface area contributed by atoms with E-state index in [9.17, 15) is 9.00 Å². The molecular weight excluding hydrogens is 260 g/mol. The smallest absolute Gasteiger partial charge is 0.305 e. The Hall–Kier alpha value is -1.68. The number of hydrogen-bond acceptors (Lipinski definition) is 3. The zero-order valence-electron chi connectivity index (χ0n) is 10.8. The average molecular weight is 276 g/mol. The van der Waals surface area contributed by atoms with Crippen molar-refractivity contribution in [1.82, 2.24) is 0 Å². The molecule has 0 spiro atoms. The maximum Gasteiger partial charge on any atom is 0.305 e. The second-order valence-electron chi connectivity index (χ2n) is 4.24. The van der Waals surface area contributed by atoms with Crippen LogP contribution in [0.5, 0.6) is 0 Å². The minimum Gasteiger partial charge on any atom is -0.469 e. The molecule has 0 amide bonds. The Labute approximate surface area is 115 Å². The van der Waals surface area contributed by atoms with Crippen LogP contribution < -0.4 is 0 Å². The first-order valence-corrected chi connectivity index (χ1v) is 7.46. The maximum absolute atomic E-state index is 12.1. The van der Waals surface area contributed by atoms with Crippen LogP contribution in [0.2, 0.25) is 0 Å². The molecule has 1 atom stereocenters. The molecule has 0 aromatic heterocycles. The molecule has 0 saturated heterocycles. The topological polar surface area (TPSA) is 43.4 Å². The Bertz CT molecular complexity index is 607. The quantitative estimate of drug-likeness (QED) is 0.789. The first kappa shape index (κ1) is 13.7. The molecule has 0 bridgehead atoms. The van der Waals surface area contributed by atoms with E-state index in [1.807, 2.05) is 42.5 Å². The van der Waals surface area contributed by atoms with Gasteiger partial charge in [0.2, 0.25) is 0 Å². The third-order valence-electron chi connectivity index (χ3n) is 2.92. The van der Waals surface area contributed by atoms with Gasteiger partial charge >= 0.3 is 5.97 Å². The van der Waals surface area contributed by atoms with Gasteiger partial charge in [0, 0.05) is 17.1 Å². The highest BCUT2D eigenvalue weighted by molar-refractivity contribution is 7.85. The normalized spacial score (nSPS) is 12.3. The molecule has 3 nitrogen and oxygen atoms in total. The molecule has 0 saturated carbocycles. The highest BCUT2D eigenvalue weighted by atomic mass is 32.2. The van der Waals surface area contributed by atoms with Gasteiger partial charge in [-0.25, -0.2) is 0 Å². The number of ether oxygens (including phenoxy) is 1. The molecule has 2 aromatic carbocycles. The molecule has 2 aromatic rings. The third-order valence-corrected chi connectivity index (χ3v) is 4.36. The fourth-order valence-electron chi connectivity index (χ4n) is 1.88. The van der Waals surface area contributed by atoms with Crippen LogP contribution in [-0.4, -0.2) is 23.0 Å². The standard InChI is InChI=1S/C15H16O3S/c1-18-15(16)7-4-10-19(17)14-9-8-12-5-2-3-6-13(12)11-14/h2-3,5-6,8-9,11H,4,7,10H2,1H3. The van der Waals surface area contributed by atoms with Gasteiger partial charge < -0.3 is 4.74 Å². The summed E-state index contributed by atoms with van der Waals surface area (Å²) in [5.74, 6) is 0.225. The van der Waals surface area contributed by atoms with Crippen molar-refractivity contribution in [2.75, 3.05) is 12.9 Å². The van der Waals surface area contributed by atoms with Crippen molar-refractivity contribution in [2.24, 2.45) is 0 Å². The van der Waals surface area contributed by atoms with Gasteiger partial charge in [-0.15, -0.1) is 0 Å².